The van der Waals surface area contributed by atoms with Gasteiger partial charge in [0.05, 0.1) is 6.54 Å². The number of hydrogen-bond acceptors (Lipinski definition) is 1. The van der Waals surface area contributed by atoms with E-state index in [-0.39, 0.29) is 11.4 Å². The average Bonchev–Trinajstić information content (AvgIpc) is 2.17. The van der Waals surface area contributed by atoms with Gasteiger partial charge in [0, 0.05) is 5.41 Å². The third-order valence-electron chi connectivity index (χ3n) is 3.26. The van der Waals surface area contributed by atoms with E-state index in [2.05, 4.69) is 29.3 Å². The minimum atomic E-state index is 0.192. The van der Waals surface area contributed by atoms with Gasteiger partial charge in [0.15, 0.2) is 5.96 Å². The highest BCUT2D eigenvalue weighted by Crippen LogP contribution is 2.43. The van der Waals surface area contributed by atoms with E-state index in [1.54, 1.807) is 0 Å². The minimum Gasteiger partial charge on any atom is -0.370 e. The number of nitrogens with zero attached hydrogens (tertiary/aromatic N) is 1. The van der Waals surface area contributed by atoms with Crippen LogP contribution in [0.25, 0.3) is 0 Å². The first kappa shape index (κ1) is 10.0. The van der Waals surface area contributed by atoms with Crippen molar-refractivity contribution >= 4 is 5.96 Å². The van der Waals surface area contributed by atoms with E-state index >= 15 is 0 Å². The van der Waals surface area contributed by atoms with Crippen molar-refractivity contribution in [1.82, 2.24) is 0 Å². The smallest absolute Gasteiger partial charge is 0.185 e. The van der Waals surface area contributed by atoms with Crippen molar-refractivity contribution in [2.24, 2.45) is 16.5 Å². The summed E-state index contributed by atoms with van der Waals surface area (Å²) in [6, 6.07) is 10.5. The molecule has 0 aromatic heterocycles. The van der Waals surface area contributed by atoms with Crippen molar-refractivity contribution < 1.29 is 0 Å². The number of guanidine groups is 1. The van der Waals surface area contributed by atoms with Crippen LogP contribution in [0.3, 0.4) is 0 Å². The SMILES string of the molecule is NC(N)=NCC1(c2ccccc2)CCC1. The molecule has 0 spiro atoms. The van der Waals surface area contributed by atoms with Crippen LogP contribution in [0.1, 0.15) is 24.8 Å². The van der Waals surface area contributed by atoms with Crippen LogP contribution < -0.4 is 11.5 Å². The summed E-state index contributed by atoms with van der Waals surface area (Å²) in [6.07, 6.45) is 3.65. The van der Waals surface area contributed by atoms with Gasteiger partial charge in [-0.2, -0.15) is 0 Å². The Labute approximate surface area is 90.2 Å². The molecule has 0 aliphatic heterocycles. The largest absolute Gasteiger partial charge is 0.370 e. The van der Waals surface area contributed by atoms with E-state index in [1.807, 2.05) is 6.07 Å². The van der Waals surface area contributed by atoms with Crippen molar-refractivity contribution in [1.29, 1.82) is 0 Å². The average molecular weight is 203 g/mol. The molecule has 3 nitrogen and oxygen atoms in total. The Balaban J connectivity index is 2.19. The molecule has 2 rings (SSSR count). The number of benzene rings is 1. The Morgan fingerprint density at radius 2 is 1.87 bits per heavy atom. The molecule has 4 N–H and O–H groups in total. The normalized spacial score (nSPS) is 17.9. The second-order valence-corrected chi connectivity index (χ2v) is 4.24. The van der Waals surface area contributed by atoms with Crippen LogP contribution >= 0.6 is 0 Å². The molecule has 80 valence electrons. The quantitative estimate of drug-likeness (QED) is 0.576. The summed E-state index contributed by atoms with van der Waals surface area (Å²) in [4.78, 5) is 4.17. The second kappa shape index (κ2) is 3.93. The maximum Gasteiger partial charge on any atom is 0.185 e. The fourth-order valence-electron chi connectivity index (χ4n) is 2.18. The van der Waals surface area contributed by atoms with Crippen molar-refractivity contribution in [3.05, 3.63) is 35.9 Å². The van der Waals surface area contributed by atoms with E-state index in [0.29, 0.717) is 0 Å². The molecular formula is C12H17N3. The molecule has 1 fully saturated rings. The molecule has 1 saturated carbocycles. The van der Waals surface area contributed by atoms with Crippen LogP contribution in [-0.4, -0.2) is 12.5 Å². The molecular weight excluding hydrogens is 186 g/mol. The third kappa shape index (κ3) is 1.96. The summed E-state index contributed by atoms with van der Waals surface area (Å²) in [5.74, 6) is 0.192. The van der Waals surface area contributed by atoms with Gasteiger partial charge in [-0.3, -0.25) is 4.99 Å². The highest BCUT2D eigenvalue weighted by molar-refractivity contribution is 5.75. The molecule has 1 aromatic rings. The Hall–Kier alpha value is -1.51. The molecule has 0 saturated heterocycles. The molecule has 1 aliphatic rings. The van der Waals surface area contributed by atoms with Crippen LogP contribution in [0.4, 0.5) is 0 Å². The number of hydrogen-bond donors (Lipinski definition) is 2. The van der Waals surface area contributed by atoms with Crippen LogP contribution in [0.15, 0.2) is 35.3 Å². The predicted molar refractivity (Wildman–Crippen MR) is 62.6 cm³/mol. The van der Waals surface area contributed by atoms with Gasteiger partial charge in [-0.25, -0.2) is 0 Å². The molecule has 0 unspecified atom stereocenters. The second-order valence-electron chi connectivity index (χ2n) is 4.24. The van der Waals surface area contributed by atoms with Gasteiger partial charge in [-0.1, -0.05) is 36.8 Å². The van der Waals surface area contributed by atoms with Gasteiger partial charge in [-0.15, -0.1) is 0 Å². The molecule has 1 aromatic carbocycles. The van der Waals surface area contributed by atoms with Crippen LogP contribution in [0, 0.1) is 0 Å². The van der Waals surface area contributed by atoms with Gasteiger partial charge in [0.25, 0.3) is 0 Å². The summed E-state index contributed by atoms with van der Waals surface area (Å²) in [7, 11) is 0. The summed E-state index contributed by atoms with van der Waals surface area (Å²) in [5.41, 5.74) is 12.3. The Bertz CT molecular complexity index is 348. The zero-order valence-electron chi connectivity index (χ0n) is 8.82. The number of nitrogens with two attached hydrogens (primary N) is 2. The topological polar surface area (TPSA) is 64.4 Å². The van der Waals surface area contributed by atoms with Gasteiger partial charge < -0.3 is 11.5 Å². The lowest BCUT2D eigenvalue weighted by Gasteiger charge is -2.41. The Morgan fingerprint density at radius 1 is 1.20 bits per heavy atom. The third-order valence-corrected chi connectivity index (χ3v) is 3.26. The lowest BCUT2D eigenvalue weighted by atomic mass is 9.64. The lowest BCUT2D eigenvalue weighted by Crippen LogP contribution is -2.38. The predicted octanol–water partition coefficient (Wildman–Crippen LogP) is 1.38. The zero-order valence-corrected chi connectivity index (χ0v) is 8.82. The van der Waals surface area contributed by atoms with Crippen molar-refractivity contribution in [3.8, 4) is 0 Å². The summed E-state index contributed by atoms with van der Waals surface area (Å²) < 4.78 is 0. The fourth-order valence-corrected chi connectivity index (χ4v) is 2.18. The van der Waals surface area contributed by atoms with E-state index < -0.39 is 0 Å². The van der Waals surface area contributed by atoms with Crippen molar-refractivity contribution in [3.63, 3.8) is 0 Å². The summed E-state index contributed by atoms with van der Waals surface area (Å²) in [5, 5.41) is 0. The molecule has 1 aliphatic carbocycles. The molecule has 0 bridgehead atoms. The molecule has 0 atom stereocenters. The van der Waals surface area contributed by atoms with Crippen molar-refractivity contribution in [2.45, 2.75) is 24.7 Å². The van der Waals surface area contributed by atoms with Crippen molar-refractivity contribution in [2.75, 3.05) is 6.54 Å². The van der Waals surface area contributed by atoms with Gasteiger partial charge >= 0.3 is 0 Å². The maximum atomic E-state index is 5.38. The van der Waals surface area contributed by atoms with Gasteiger partial charge in [-0.05, 0) is 18.4 Å². The monoisotopic (exact) mass is 203 g/mol. The molecule has 15 heavy (non-hydrogen) atoms. The van der Waals surface area contributed by atoms with E-state index in [9.17, 15) is 0 Å². The van der Waals surface area contributed by atoms with E-state index in [1.165, 1.54) is 24.8 Å². The summed E-state index contributed by atoms with van der Waals surface area (Å²) in [6.45, 7) is 0.722. The number of rotatable bonds is 3. The maximum absolute atomic E-state index is 5.38. The Kier molecular flexibility index (Phi) is 2.62. The molecule has 0 amide bonds. The highest BCUT2D eigenvalue weighted by Gasteiger charge is 2.38. The van der Waals surface area contributed by atoms with Crippen LogP contribution in [0.2, 0.25) is 0 Å². The molecule has 0 radical (unpaired) electrons. The first-order valence-electron chi connectivity index (χ1n) is 5.34. The van der Waals surface area contributed by atoms with E-state index in [4.69, 9.17) is 11.5 Å². The van der Waals surface area contributed by atoms with Crippen LogP contribution in [-0.2, 0) is 5.41 Å². The van der Waals surface area contributed by atoms with E-state index in [0.717, 1.165) is 6.54 Å². The standard InChI is InChI=1S/C12H17N3/c13-11(14)15-9-12(7-4-8-12)10-5-2-1-3-6-10/h1-3,5-6H,4,7-9H2,(H4,13,14,15). The number of aliphatic imine (C=N–C) groups is 1. The first-order valence-corrected chi connectivity index (χ1v) is 5.34. The lowest BCUT2D eigenvalue weighted by molar-refractivity contribution is 0.254. The highest BCUT2D eigenvalue weighted by atomic mass is 15.0. The van der Waals surface area contributed by atoms with Gasteiger partial charge in [0.2, 0.25) is 0 Å². The summed E-state index contributed by atoms with van der Waals surface area (Å²) >= 11 is 0. The van der Waals surface area contributed by atoms with Gasteiger partial charge in [0.1, 0.15) is 0 Å². The first-order chi connectivity index (χ1) is 7.23. The van der Waals surface area contributed by atoms with Crippen LogP contribution in [0.5, 0.6) is 0 Å². The Morgan fingerprint density at radius 3 is 2.33 bits per heavy atom. The zero-order chi connectivity index (χ0) is 10.7. The molecule has 3 heteroatoms. The molecule has 0 heterocycles. The minimum absolute atomic E-state index is 0.192. The fraction of sp³-hybridized carbons (Fsp3) is 0.417.